The molecule has 0 amide bonds. The maximum Gasteiger partial charge on any atom is 0.0803 e. The van der Waals surface area contributed by atoms with Gasteiger partial charge in [0, 0.05) is 16.8 Å². The van der Waals surface area contributed by atoms with E-state index in [0.717, 1.165) is 0 Å². The fourth-order valence-corrected chi connectivity index (χ4v) is 10.8. The minimum Gasteiger partial charge on any atom is -0.310 e. The summed E-state index contributed by atoms with van der Waals surface area (Å²) in [6.07, 6.45) is 0. The molecule has 50 heavy (non-hydrogen) atoms. The van der Waals surface area contributed by atoms with Crippen molar-refractivity contribution >= 4 is 51.9 Å². The maximum atomic E-state index is 2.57. The van der Waals surface area contributed by atoms with Crippen LogP contribution in [0.2, 0.25) is 19.6 Å². The second-order valence-electron chi connectivity index (χ2n) is 14.9. The Bertz CT molecular complexity index is 2600. The van der Waals surface area contributed by atoms with Crippen molar-refractivity contribution in [3.05, 3.63) is 192 Å². The lowest BCUT2D eigenvalue weighted by molar-refractivity contribution is 0.795. The van der Waals surface area contributed by atoms with Crippen LogP contribution in [0.4, 0.5) is 17.1 Å². The van der Waals surface area contributed by atoms with Crippen LogP contribution >= 0.6 is 0 Å². The highest BCUT2D eigenvalue weighted by Crippen LogP contribution is 2.65. The van der Waals surface area contributed by atoms with Gasteiger partial charge in [0.15, 0.2) is 0 Å². The van der Waals surface area contributed by atoms with Gasteiger partial charge in [0.05, 0.1) is 19.2 Å². The topological polar surface area (TPSA) is 3.24 Å². The zero-order valence-electron chi connectivity index (χ0n) is 28.6. The van der Waals surface area contributed by atoms with Crippen LogP contribution in [0.3, 0.4) is 0 Å². The molecule has 238 valence electrons. The summed E-state index contributed by atoms with van der Waals surface area (Å²) in [5.74, 6) is 0. The van der Waals surface area contributed by atoms with Crippen molar-refractivity contribution in [1.29, 1.82) is 0 Å². The molecule has 0 N–H and O–H groups in total. The molecule has 8 aromatic rings. The molecule has 0 bridgehead atoms. The maximum absolute atomic E-state index is 2.57. The molecular formula is C48H37NSi. The quantitative estimate of drug-likeness (QED) is 0.171. The summed E-state index contributed by atoms with van der Waals surface area (Å²) < 4.78 is 0. The van der Waals surface area contributed by atoms with Gasteiger partial charge in [0.25, 0.3) is 0 Å². The van der Waals surface area contributed by atoms with Gasteiger partial charge in [-0.3, -0.25) is 0 Å². The number of hydrogen-bond acceptors (Lipinski definition) is 1. The van der Waals surface area contributed by atoms with E-state index in [9.17, 15) is 0 Å². The molecule has 2 aliphatic carbocycles. The van der Waals surface area contributed by atoms with Crippen LogP contribution in [-0.2, 0) is 5.41 Å². The van der Waals surface area contributed by atoms with Crippen molar-refractivity contribution in [3.8, 4) is 22.3 Å². The van der Waals surface area contributed by atoms with Crippen LogP contribution in [0.25, 0.3) is 43.8 Å². The van der Waals surface area contributed by atoms with E-state index in [0.29, 0.717) is 0 Å². The summed E-state index contributed by atoms with van der Waals surface area (Å²) >= 11 is 0. The lowest BCUT2D eigenvalue weighted by Crippen LogP contribution is -2.40. The Hall–Kier alpha value is -5.70. The number of anilines is 3. The smallest absolute Gasteiger partial charge is 0.0803 e. The zero-order valence-corrected chi connectivity index (χ0v) is 29.6. The number of para-hydroxylation sites is 2. The molecule has 0 unspecified atom stereocenters. The number of nitrogens with zero attached hydrogens (tertiary/aromatic N) is 1. The first-order valence-electron chi connectivity index (χ1n) is 17.7. The highest BCUT2D eigenvalue weighted by atomic mass is 28.3. The first-order chi connectivity index (χ1) is 24.5. The second kappa shape index (κ2) is 10.6. The average Bonchev–Trinajstić information content (AvgIpc) is 3.63. The molecule has 0 saturated carbocycles. The number of hydrogen-bond donors (Lipinski definition) is 0. The van der Waals surface area contributed by atoms with Gasteiger partial charge in [-0.1, -0.05) is 165 Å². The number of rotatable bonds is 4. The van der Waals surface area contributed by atoms with E-state index < -0.39 is 13.5 Å². The first kappa shape index (κ1) is 29.2. The van der Waals surface area contributed by atoms with E-state index in [1.54, 1.807) is 0 Å². The molecule has 0 atom stereocenters. The van der Waals surface area contributed by atoms with Crippen molar-refractivity contribution in [2.45, 2.75) is 25.1 Å². The third-order valence-corrected chi connectivity index (χ3v) is 13.2. The van der Waals surface area contributed by atoms with Crippen LogP contribution in [0.1, 0.15) is 22.3 Å². The fourth-order valence-electron chi connectivity index (χ4n) is 9.21. The van der Waals surface area contributed by atoms with Crippen molar-refractivity contribution in [2.75, 3.05) is 4.90 Å². The standard InChI is InChI=1S/C48H37NSi/c1-50(2,3)45-28-16-15-27-43(45)49(33-18-5-4-6-19-33)44-31-42-47(38-24-10-9-23-37(38)44)46-34-20-8-7-17-32(34)29-30-41(46)48(42)39-25-13-11-21-35(39)36-22-12-14-26-40(36)48/h4-31H,1-3H3. The van der Waals surface area contributed by atoms with Gasteiger partial charge in [-0.2, -0.15) is 0 Å². The van der Waals surface area contributed by atoms with E-state index in [1.807, 2.05) is 0 Å². The summed E-state index contributed by atoms with van der Waals surface area (Å²) in [6, 6.07) is 63.8. The Balaban J connectivity index is 1.42. The summed E-state index contributed by atoms with van der Waals surface area (Å²) in [4.78, 5) is 2.55. The highest BCUT2D eigenvalue weighted by Gasteiger charge is 2.52. The summed E-state index contributed by atoms with van der Waals surface area (Å²) in [7, 11) is -1.75. The van der Waals surface area contributed by atoms with Crippen LogP contribution in [-0.4, -0.2) is 8.07 Å². The third kappa shape index (κ3) is 3.88. The van der Waals surface area contributed by atoms with Crippen LogP contribution in [0, 0.1) is 0 Å². The second-order valence-corrected chi connectivity index (χ2v) is 19.9. The molecule has 1 nitrogen and oxygen atoms in total. The molecule has 0 saturated heterocycles. The Morgan fingerprint density at radius 1 is 0.420 bits per heavy atom. The molecule has 1 spiro atoms. The Kier molecular flexibility index (Phi) is 6.22. The zero-order chi connectivity index (χ0) is 33.6. The van der Waals surface area contributed by atoms with Crippen molar-refractivity contribution in [3.63, 3.8) is 0 Å². The van der Waals surface area contributed by atoms with Gasteiger partial charge < -0.3 is 4.90 Å². The Labute approximate surface area is 295 Å². The molecule has 0 radical (unpaired) electrons. The molecule has 0 heterocycles. The highest BCUT2D eigenvalue weighted by molar-refractivity contribution is 6.89. The average molecular weight is 656 g/mol. The van der Waals surface area contributed by atoms with Crippen LogP contribution in [0.15, 0.2) is 170 Å². The summed E-state index contributed by atoms with van der Waals surface area (Å²) in [6.45, 7) is 7.37. The van der Waals surface area contributed by atoms with Crippen LogP contribution < -0.4 is 10.1 Å². The minimum absolute atomic E-state index is 0.457. The van der Waals surface area contributed by atoms with Gasteiger partial charge in [-0.15, -0.1) is 0 Å². The van der Waals surface area contributed by atoms with Gasteiger partial charge >= 0.3 is 0 Å². The molecule has 0 aromatic heterocycles. The molecule has 2 heteroatoms. The van der Waals surface area contributed by atoms with Gasteiger partial charge in [0.1, 0.15) is 0 Å². The molecule has 0 fully saturated rings. The van der Waals surface area contributed by atoms with E-state index in [-0.39, 0.29) is 0 Å². The normalized spacial score (nSPS) is 13.7. The number of benzene rings is 8. The Morgan fingerprint density at radius 3 is 1.70 bits per heavy atom. The van der Waals surface area contributed by atoms with Crippen molar-refractivity contribution < 1.29 is 0 Å². The van der Waals surface area contributed by atoms with Gasteiger partial charge in [-0.05, 0) is 90.1 Å². The van der Waals surface area contributed by atoms with E-state index >= 15 is 0 Å². The summed E-state index contributed by atoms with van der Waals surface area (Å²) in [5, 5.41) is 6.59. The SMILES string of the molecule is C[Si](C)(C)c1ccccc1N(c1ccccc1)c1cc2c(c3ccccc13)-c1c(ccc3ccccc13)C21c2ccccc2-c2ccccc21. The lowest BCUT2D eigenvalue weighted by Gasteiger charge is -2.34. The fraction of sp³-hybridized carbons (Fsp3) is 0.0833. The third-order valence-electron chi connectivity index (χ3n) is 11.2. The number of fused-ring (bicyclic) bond motifs is 14. The first-order valence-corrected chi connectivity index (χ1v) is 21.2. The van der Waals surface area contributed by atoms with E-state index in [2.05, 4.69) is 194 Å². The van der Waals surface area contributed by atoms with Gasteiger partial charge in [0.2, 0.25) is 0 Å². The van der Waals surface area contributed by atoms with Gasteiger partial charge in [-0.25, -0.2) is 0 Å². The van der Waals surface area contributed by atoms with Crippen molar-refractivity contribution in [2.24, 2.45) is 0 Å². The molecule has 8 aromatic carbocycles. The predicted molar refractivity (Wildman–Crippen MR) is 215 cm³/mol. The Morgan fingerprint density at radius 2 is 0.980 bits per heavy atom. The van der Waals surface area contributed by atoms with E-state index in [1.165, 1.54) is 88.3 Å². The lowest BCUT2D eigenvalue weighted by atomic mass is 9.70. The largest absolute Gasteiger partial charge is 0.310 e. The predicted octanol–water partition coefficient (Wildman–Crippen LogP) is 12.4. The van der Waals surface area contributed by atoms with E-state index in [4.69, 9.17) is 0 Å². The monoisotopic (exact) mass is 655 g/mol. The molecular weight excluding hydrogens is 619 g/mol. The molecule has 10 rings (SSSR count). The summed E-state index contributed by atoms with van der Waals surface area (Å²) in [5.41, 5.74) is 14.0. The van der Waals surface area contributed by atoms with Crippen molar-refractivity contribution in [1.82, 2.24) is 0 Å². The molecule has 0 aliphatic heterocycles. The van der Waals surface area contributed by atoms with Crippen LogP contribution in [0.5, 0.6) is 0 Å². The molecule has 2 aliphatic rings. The minimum atomic E-state index is -1.75.